The zero-order chi connectivity index (χ0) is 14.8. The number of benzene rings is 1. The maximum atomic E-state index is 12.1. The maximum absolute atomic E-state index is 12.1. The SMILES string of the molecule is Cc1ccccc1-n1cc(C(=O)NCC(N)C2CC2)cn1. The van der Waals surface area contributed by atoms with E-state index in [1.807, 2.05) is 31.2 Å². The Hall–Kier alpha value is -2.14. The van der Waals surface area contributed by atoms with Crippen LogP contribution in [0, 0.1) is 12.8 Å². The van der Waals surface area contributed by atoms with Crippen LogP contribution >= 0.6 is 0 Å². The van der Waals surface area contributed by atoms with Gasteiger partial charge in [0, 0.05) is 18.8 Å². The molecule has 21 heavy (non-hydrogen) atoms. The molecule has 0 saturated heterocycles. The molecule has 1 saturated carbocycles. The largest absolute Gasteiger partial charge is 0.350 e. The lowest BCUT2D eigenvalue weighted by Gasteiger charge is -2.10. The number of amides is 1. The van der Waals surface area contributed by atoms with Gasteiger partial charge >= 0.3 is 0 Å². The third-order valence-corrected chi connectivity index (χ3v) is 3.93. The van der Waals surface area contributed by atoms with Gasteiger partial charge in [0.25, 0.3) is 5.91 Å². The highest BCUT2D eigenvalue weighted by atomic mass is 16.1. The van der Waals surface area contributed by atoms with Gasteiger partial charge in [-0.2, -0.15) is 5.10 Å². The van der Waals surface area contributed by atoms with Crippen LogP contribution in [-0.2, 0) is 0 Å². The van der Waals surface area contributed by atoms with E-state index in [-0.39, 0.29) is 11.9 Å². The summed E-state index contributed by atoms with van der Waals surface area (Å²) in [6.45, 7) is 2.55. The van der Waals surface area contributed by atoms with Gasteiger partial charge in [0.05, 0.1) is 17.4 Å². The van der Waals surface area contributed by atoms with Gasteiger partial charge in [-0.05, 0) is 37.3 Å². The lowest BCUT2D eigenvalue weighted by molar-refractivity contribution is 0.0950. The summed E-state index contributed by atoms with van der Waals surface area (Å²) in [7, 11) is 0. The van der Waals surface area contributed by atoms with Gasteiger partial charge in [-0.15, -0.1) is 0 Å². The summed E-state index contributed by atoms with van der Waals surface area (Å²) in [5.74, 6) is 0.464. The minimum Gasteiger partial charge on any atom is -0.350 e. The Morgan fingerprint density at radius 2 is 2.24 bits per heavy atom. The molecule has 0 bridgehead atoms. The molecule has 1 amide bonds. The van der Waals surface area contributed by atoms with E-state index in [4.69, 9.17) is 5.73 Å². The Kier molecular flexibility index (Phi) is 3.75. The van der Waals surface area contributed by atoms with Gasteiger partial charge in [-0.3, -0.25) is 4.79 Å². The molecule has 1 aliphatic carbocycles. The molecule has 5 heteroatoms. The highest BCUT2D eigenvalue weighted by molar-refractivity contribution is 5.93. The topological polar surface area (TPSA) is 72.9 Å². The van der Waals surface area contributed by atoms with Crippen molar-refractivity contribution in [1.29, 1.82) is 0 Å². The highest BCUT2D eigenvalue weighted by Crippen LogP contribution is 2.31. The van der Waals surface area contributed by atoms with Crippen LogP contribution in [0.25, 0.3) is 5.69 Å². The van der Waals surface area contributed by atoms with Crippen LogP contribution in [0.1, 0.15) is 28.8 Å². The van der Waals surface area contributed by atoms with E-state index in [1.165, 1.54) is 12.8 Å². The Bertz CT molecular complexity index is 645. The van der Waals surface area contributed by atoms with E-state index in [0.717, 1.165) is 11.3 Å². The highest BCUT2D eigenvalue weighted by Gasteiger charge is 2.28. The van der Waals surface area contributed by atoms with Crippen molar-refractivity contribution in [3.05, 3.63) is 47.8 Å². The average Bonchev–Trinajstić information content (AvgIpc) is 3.23. The Morgan fingerprint density at radius 3 is 2.95 bits per heavy atom. The minimum atomic E-state index is -0.120. The van der Waals surface area contributed by atoms with Crippen LogP contribution in [-0.4, -0.2) is 28.3 Å². The number of carbonyl (C=O) groups excluding carboxylic acids is 1. The molecule has 3 rings (SSSR count). The molecule has 1 aromatic heterocycles. The zero-order valence-corrected chi connectivity index (χ0v) is 12.1. The Balaban J connectivity index is 1.66. The van der Waals surface area contributed by atoms with Crippen LogP contribution in [0.2, 0.25) is 0 Å². The third-order valence-electron chi connectivity index (χ3n) is 3.93. The Morgan fingerprint density at radius 1 is 1.48 bits per heavy atom. The van der Waals surface area contributed by atoms with Crippen molar-refractivity contribution < 1.29 is 4.79 Å². The van der Waals surface area contributed by atoms with Gasteiger partial charge in [0.2, 0.25) is 0 Å². The monoisotopic (exact) mass is 284 g/mol. The normalized spacial score (nSPS) is 15.7. The third kappa shape index (κ3) is 3.13. The zero-order valence-electron chi connectivity index (χ0n) is 12.1. The quantitative estimate of drug-likeness (QED) is 0.877. The van der Waals surface area contributed by atoms with Crippen molar-refractivity contribution in [2.45, 2.75) is 25.8 Å². The van der Waals surface area contributed by atoms with E-state index in [9.17, 15) is 4.79 Å². The van der Waals surface area contributed by atoms with Crippen LogP contribution < -0.4 is 11.1 Å². The molecule has 1 fully saturated rings. The number of nitrogens with zero attached hydrogens (tertiary/aromatic N) is 2. The molecule has 1 aromatic carbocycles. The van der Waals surface area contributed by atoms with Crippen molar-refractivity contribution in [1.82, 2.24) is 15.1 Å². The summed E-state index contributed by atoms with van der Waals surface area (Å²) in [5.41, 5.74) is 8.63. The molecule has 0 spiro atoms. The van der Waals surface area contributed by atoms with E-state index >= 15 is 0 Å². The number of carbonyl (C=O) groups is 1. The fourth-order valence-corrected chi connectivity index (χ4v) is 2.40. The van der Waals surface area contributed by atoms with Gasteiger partial charge in [-0.1, -0.05) is 18.2 Å². The Labute approximate surface area is 124 Å². The first-order chi connectivity index (χ1) is 10.1. The van der Waals surface area contributed by atoms with Crippen molar-refractivity contribution in [3.8, 4) is 5.69 Å². The molecule has 1 unspecified atom stereocenters. The summed E-state index contributed by atoms with van der Waals surface area (Å²) < 4.78 is 1.73. The van der Waals surface area contributed by atoms with Gasteiger partial charge in [0.1, 0.15) is 0 Å². The summed E-state index contributed by atoms with van der Waals surface area (Å²) in [6.07, 6.45) is 5.70. The summed E-state index contributed by atoms with van der Waals surface area (Å²) in [6, 6.07) is 8.01. The van der Waals surface area contributed by atoms with E-state index in [2.05, 4.69) is 10.4 Å². The molecule has 1 heterocycles. The lowest BCUT2D eigenvalue weighted by atomic mass is 10.2. The van der Waals surface area contributed by atoms with E-state index in [0.29, 0.717) is 18.0 Å². The number of hydrogen-bond donors (Lipinski definition) is 2. The van der Waals surface area contributed by atoms with Crippen molar-refractivity contribution in [2.75, 3.05) is 6.54 Å². The molecule has 1 atom stereocenters. The number of aryl methyl sites for hydroxylation is 1. The predicted molar refractivity (Wildman–Crippen MR) is 81.3 cm³/mol. The van der Waals surface area contributed by atoms with Crippen molar-refractivity contribution >= 4 is 5.91 Å². The van der Waals surface area contributed by atoms with Crippen LogP contribution in [0.3, 0.4) is 0 Å². The first kappa shape index (κ1) is 13.8. The van der Waals surface area contributed by atoms with Gasteiger partial charge < -0.3 is 11.1 Å². The number of nitrogens with one attached hydrogen (secondary N) is 1. The first-order valence-electron chi connectivity index (χ1n) is 7.29. The predicted octanol–water partition coefficient (Wildman–Crippen LogP) is 1.65. The van der Waals surface area contributed by atoms with Gasteiger partial charge in [0.15, 0.2) is 0 Å². The molecule has 0 aliphatic heterocycles. The summed E-state index contributed by atoms with van der Waals surface area (Å²) in [5, 5.41) is 7.15. The van der Waals surface area contributed by atoms with Crippen molar-refractivity contribution in [3.63, 3.8) is 0 Å². The number of aromatic nitrogens is 2. The fraction of sp³-hybridized carbons (Fsp3) is 0.375. The molecular weight excluding hydrogens is 264 g/mol. The number of rotatable bonds is 5. The number of para-hydroxylation sites is 1. The number of nitrogens with two attached hydrogens (primary N) is 1. The summed E-state index contributed by atoms with van der Waals surface area (Å²) in [4.78, 5) is 12.1. The molecular formula is C16H20N4O. The van der Waals surface area contributed by atoms with Gasteiger partial charge in [-0.25, -0.2) is 4.68 Å². The molecule has 3 N–H and O–H groups in total. The van der Waals surface area contributed by atoms with Crippen LogP contribution in [0.5, 0.6) is 0 Å². The molecule has 1 aliphatic rings. The summed E-state index contributed by atoms with van der Waals surface area (Å²) >= 11 is 0. The van der Waals surface area contributed by atoms with Crippen molar-refractivity contribution in [2.24, 2.45) is 11.7 Å². The molecule has 2 aromatic rings. The second kappa shape index (κ2) is 5.69. The maximum Gasteiger partial charge on any atom is 0.254 e. The molecule has 110 valence electrons. The smallest absolute Gasteiger partial charge is 0.254 e. The van der Waals surface area contributed by atoms with Crippen LogP contribution in [0.15, 0.2) is 36.7 Å². The van der Waals surface area contributed by atoms with Crippen LogP contribution in [0.4, 0.5) is 0 Å². The molecule has 5 nitrogen and oxygen atoms in total. The average molecular weight is 284 g/mol. The first-order valence-corrected chi connectivity index (χ1v) is 7.29. The van der Waals surface area contributed by atoms with E-state index in [1.54, 1.807) is 17.1 Å². The fourth-order valence-electron chi connectivity index (χ4n) is 2.40. The van der Waals surface area contributed by atoms with E-state index < -0.39 is 0 Å². The molecule has 0 radical (unpaired) electrons. The number of hydrogen-bond acceptors (Lipinski definition) is 3. The second-order valence-electron chi connectivity index (χ2n) is 5.67. The second-order valence-corrected chi connectivity index (χ2v) is 5.67. The standard InChI is InChI=1S/C16H20N4O/c1-11-4-2-3-5-15(11)20-10-13(8-19-20)16(21)18-9-14(17)12-6-7-12/h2-5,8,10,12,14H,6-7,9,17H2,1H3,(H,18,21). The lowest BCUT2D eigenvalue weighted by Crippen LogP contribution is -2.38. The minimum absolute atomic E-state index is 0.0698.